The third-order valence-corrected chi connectivity index (χ3v) is 5.56. The Bertz CT molecular complexity index is 392. The first-order chi connectivity index (χ1) is 9.34. The largest absolute Gasteiger partial charge is 0.313 e. The number of thioether (sulfide) groups is 1. The Labute approximate surface area is 120 Å². The van der Waals surface area contributed by atoms with Gasteiger partial charge in [-0.1, -0.05) is 6.07 Å². The Morgan fingerprint density at radius 2 is 2.42 bits per heavy atom. The predicted octanol–water partition coefficient (Wildman–Crippen LogP) is 2.17. The Balaban J connectivity index is 1.63. The first-order valence-corrected chi connectivity index (χ1v) is 8.41. The lowest BCUT2D eigenvalue weighted by Gasteiger charge is -2.26. The van der Waals surface area contributed by atoms with Crippen molar-refractivity contribution in [1.82, 2.24) is 15.2 Å². The molecule has 0 aliphatic carbocycles. The van der Waals surface area contributed by atoms with E-state index in [-0.39, 0.29) is 0 Å². The molecule has 0 amide bonds. The van der Waals surface area contributed by atoms with Gasteiger partial charge in [0.15, 0.2) is 0 Å². The lowest BCUT2D eigenvalue weighted by molar-refractivity contribution is 0.268. The topological polar surface area (TPSA) is 28.2 Å². The quantitative estimate of drug-likeness (QED) is 0.913. The van der Waals surface area contributed by atoms with Crippen LogP contribution in [0.15, 0.2) is 24.5 Å². The van der Waals surface area contributed by atoms with Gasteiger partial charge in [-0.25, -0.2) is 0 Å². The van der Waals surface area contributed by atoms with Crippen LogP contribution in [0.25, 0.3) is 0 Å². The van der Waals surface area contributed by atoms with Crippen LogP contribution < -0.4 is 5.32 Å². The Morgan fingerprint density at radius 3 is 3.16 bits per heavy atom. The van der Waals surface area contributed by atoms with Crippen LogP contribution in [0.4, 0.5) is 0 Å². The van der Waals surface area contributed by atoms with Crippen LogP contribution in [0, 0.1) is 5.92 Å². The minimum Gasteiger partial charge on any atom is -0.313 e. The zero-order valence-corrected chi connectivity index (χ0v) is 12.4. The van der Waals surface area contributed by atoms with Crippen LogP contribution in [0.1, 0.15) is 24.4 Å². The molecule has 1 N–H and O–H groups in total. The zero-order chi connectivity index (χ0) is 13.1. The SMILES string of the molecule is CN1CC[C@@H](CNC2CCSC2)[C@@H]1c1cccnc1. The first-order valence-electron chi connectivity index (χ1n) is 7.26. The fraction of sp³-hybridized carbons (Fsp3) is 0.667. The van der Waals surface area contributed by atoms with Crippen molar-refractivity contribution < 1.29 is 0 Å². The second kappa shape index (κ2) is 6.25. The van der Waals surface area contributed by atoms with Gasteiger partial charge in [0.1, 0.15) is 0 Å². The molecule has 3 atom stereocenters. The van der Waals surface area contributed by atoms with Crippen molar-refractivity contribution in [3.8, 4) is 0 Å². The minimum atomic E-state index is 0.537. The van der Waals surface area contributed by atoms with Gasteiger partial charge < -0.3 is 5.32 Å². The smallest absolute Gasteiger partial charge is 0.0401 e. The molecule has 1 unspecified atom stereocenters. The number of nitrogens with one attached hydrogen (secondary N) is 1. The summed E-state index contributed by atoms with van der Waals surface area (Å²) in [6, 6.07) is 5.55. The fourth-order valence-electron chi connectivity index (χ4n) is 3.33. The number of pyridine rings is 1. The third kappa shape index (κ3) is 3.12. The molecule has 0 spiro atoms. The van der Waals surface area contributed by atoms with E-state index >= 15 is 0 Å². The van der Waals surface area contributed by atoms with E-state index in [2.05, 4.69) is 46.1 Å². The second-order valence-corrected chi connectivity index (χ2v) is 6.88. The molecule has 2 saturated heterocycles. The summed E-state index contributed by atoms with van der Waals surface area (Å²) < 4.78 is 0. The summed E-state index contributed by atoms with van der Waals surface area (Å²) in [6.45, 7) is 2.35. The minimum absolute atomic E-state index is 0.537. The molecule has 2 aliphatic rings. The normalized spacial score (nSPS) is 31.9. The highest BCUT2D eigenvalue weighted by Gasteiger charge is 2.33. The maximum absolute atomic E-state index is 4.29. The molecular weight excluding hydrogens is 254 g/mol. The number of rotatable bonds is 4. The van der Waals surface area contributed by atoms with Gasteiger partial charge in [0.25, 0.3) is 0 Å². The van der Waals surface area contributed by atoms with Gasteiger partial charge >= 0.3 is 0 Å². The molecule has 104 valence electrons. The van der Waals surface area contributed by atoms with Crippen molar-refractivity contribution in [2.24, 2.45) is 5.92 Å². The van der Waals surface area contributed by atoms with Gasteiger partial charge in [0.05, 0.1) is 0 Å². The van der Waals surface area contributed by atoms with Gasteiger partial charge in [-0.3, -0.25) is 9.88 Å². The molecule has 0 aromatic carbocycles. The number of nitrogens with zero attached hydrogens (tertiary/aromatic N) is 2. The molecule has 0 bridgehead atoms. The monoisotopic (exact) mass is 277 g/mol. The van der Waals surface area contributed by atoms with Gasteiger partial charge in [-0.15, -0.1) is 0 Å². The van der Waals surface area contributed by atoms with Crippen LogP contribution in [0.2, 0.25) is 0 Å². The van der Waals surface area contributed by atoms with Crippen molar-refractivity contribution >= 4 is 11.8 Å². The maximum atomic E-state index is 4.29. The average Bonchev–Trinajstić information content (AvgIpc) is 3.07. The second-order valence-electron chi connectivity index (χ2n) is 5.73. The molecule has 3 nitrogen and oxygen atoms in total. The summed E-state index contributed by atoms with van der Waals surface area (Å²) in [5.41, 5.74) is 1.37. The van der Waals surface area contributed by atoms with Crippen molar-refractivity contribution in [2.75, 3.05) is 31.6 Å². The summed E-state index contributed by atoms with van der Waals surface area (Å²) in [5.74, 6) is 3.34. The van der Waals surface area contributed by atoms with Crippen LogP contribution >= 0.6 is 11.8 Å². The highest BCUT2D eigenvalue weighted by atomic mass is 32.2. The molecule has 2 fully saturated rings. The van der Waals surface area contributed by atoms with E-state index in [1.54, 1.807) is 0 Å². The summed E-state index contributed by atoms with van der Waals surface area (Å²) >= 11 is 2.08. The Hall–Kier alpha value is -0.580. The number of hydrogen-bond donors (Lipinski definition) is 1. The van der Waals surface area contributed by atoms with Gasteiger partial charge in [0, 0.05) is 36.8 Å². The summed E-state index contributed by atoms with van der Waals surface area (Å²) in [4.78, 5) is 6.76. The van der Waals surface area contributed by atoms with Crippen molar-refractivity contribution in [1.29, 1.82) is 0 Å². The maximum Gasteiger partial charge on any atom is 0.0401 e. The molecule has 4 heteroatoms. The molecule has 2 aliphatic heterocycles. The molecule has 0 saturated carbocycles. The van der Waals surface area contributed by atoms with E-state index in [1.807, 2.05) is 12.4 Å². The Morgan fingerprint density at radius 1 is 1.47 bits per heavy atom. The fourth-order valence-corrected chi connectivity index (χ4v) is 4.52. The van der Waals surface area contributed by atoms with Crippen molar-refractivity contribution in [2.45, 2.75) is 24.9 Å². The molecule has 3 heterocycles. The summed E-state index contributed by atoms with van der Waals surface area (Å²) in [7, 11) is 2.24. The Kier molecular flexibility index (Phi) is 4.41. The highest BCUT2D eigenvalue weighted by molar-refractivity contribution is 7.99. The summed E-state index contributed by atoms with van der Waals surface area (Å²) in [5, 5.41) is 3.78. The molecule has 3 rings (SSSR count). The highest BCUT2D eigenvalue weighted by Crippen LogP contribution is 2.35. The van der Waals surface area contributed by atoms with E-state index in [9.17, 15) is 0 Å². The molecule has 1 aromatic rings. The van der Waals surface area contributed by atoms with E-state index in [0.29, 0.717) is 6.04 Å². The van der Waals surface area contributed by atoms with Crippen LogP contribution in [0.5, 0.6) is 0 Å². The van der Waals surface area contributed by atoms with E-state index in [1.165, 1.54) is 36.5 Å². The number of likely N-dealkylation sites (tertiary alicyclic amines) is 1. The molecule has 19 heavy (non-hydrogen) atoms. The van der Waals surface area contributed by atoms with Gasteiger partial charge in [-0.2, -0.15) is 11.8 Å². The molecule has 1 aromatic heterocycles. The van der Waals surface area contributed by atoms with Crippen LogP contribution in [-0.4, -0.2) is 47.6 Å². The van der Waals surface area contributed by atoms with Gasteiger partial charge in [-0.05, 0) is 49.7 Å². The average molecular weight is 277 g/mol. The van der Waals surface area contributed by atoms with E-state index in [4.69, 9.17) is 0 Å². The molecule has 0 radical (unpaired) electrons. The summed E-state index contributed by atoms with van der Waals surface area (Å²) in [6.07, 6.45) is 6.53. The standard InChI is InChI=1S/C15H23N3S/c1-18-7-4-13(10-17-14-5-8-19-11-14)15(18)12-3-2-6-16-9-12/h2-3,6,9,13-15,17H,4-5,7-8,10-11H2,1H3/t13-,14?,15-/m0/s1. The van der Waals surface area contributed by atoms with Crippen LogP contribution in [-0.2, 0) is 0 Å². The lowest BCUT2D eigenvalue weighted by atomic mass is 9.94. The molecular formula is C15H23N3S. The van der Waals surface area contributed by atoms with Crippen molar-refractivity contribution in [3.05, 3.63) is 30.1 Å². The number of aromatic nitrogens is 1. The predicted molar refractivity (Wildman–Crippen MR) is 81.4 cm³/mol. The number of hydrogen-bond acceptors (Lipinski definition) is 4. The third-order valence-electron chi connectivity index (χ3n) is 4.40. The van der Waals surface area contributed by atoms with E-state index in [0.717, 1.165) is 18.5 Å². The van der Waals surface area contributed by atoms with E-state index < -0.39 is 0 Å². The van der Waals surface area contributed by atoms with Crippen molar-refractivity contribution in [3.63, 3.8) is 0 Å². The van der Waals surface area contributed by atoms with Gasteiger partial charge in [0.2, 0.25) is 0 Å². The first kappa shape index (κ1) is 13.4. The lowest BCUT2D eigenvalue weighted by Crippen LogP contribution is -2.35. The zero-order valence-electron chi connectivity index (χ0n) is 11.6. The van der Waals surface area contributed by atoms with Crippen LogP contribution in [0.3, 0.4) is 0 Å².